The van der Waals surface area contributed by atoms with Gasteiger partial charge in [0.15, 0.2) is 0 Å². The first kappa shape index (κ1) is 24.7. The van der Waals surface area contributed by atoms with Gasteiger partial charge in [0, 0.05) is 35.3 Å². The molecular weight excluding hydrogens is 445 g/mol. The van der Waals surface area contributed by atoms with E-state index in [2.05, 4.69) is 10.6 Å². The van der Waals surface area contributed by atoms with Crippen LogP contribution in [0, 0.1) is 11.7 Å². The zero-order chi connectivity index (χ0) is 24.0. The Balaban J connectivity index is 1.69. The molecule has 0 radical (unpaired) electrons. The van der Waals surface area contributed by atoms with Crippen LogP contribution in [-0.4, -0.2) is 47.8 Å². The van der Waals surface area contributed by atoms with E-state index in [0.29, 0.717) is 36.5 Å². The van der Waals surface area contributed by atoms with Gasteiger partial charge in [-0.15, -0.1) is 0 Å². The topological polar surface area (TPSA) is 78.5 Å². The number of carbonyl (C=O) groups excluding carboxylic acids is 3. The summed E-state index contributed by atoms with van der Waals surface area (Å²) < 4.78 is 13.2. The van der Waals surface area contributed by atoms with E-state index in [1.54, 1.807) is 29.2 Å². The van der Waals surface area contributed by atoms with Crippen molar-refractivity contribution in [1.82, 2.24) is 15.5 Å². The maximum atomic E-state index is 13.2. The fourth-order valence-corrected chi connectivity index (χ4v) is 3.99. The summed E-state index contributed by atoms with van der Waals surface area (Å²) in [5.41, 5.74) is 0.849. The number of hydrogen-bond donors (Lipinski definition) is 2. The monoisotopic (exact) mass is 473 g/mol. The number of nitrogens with zero attached hydrogens (tertiary/aromatic N) is 1. The average Bonchev–Trinajstić information content (AvgIpc) is 2.82. The van der Waals surface area contributed by atoms with Crippen LogP contribution in [0.5, 0.6) is 0 Å². The quantitative estimate of drug-likeness (QED) is 0.637. The highest BCUT2D eigenvalue weighted by Gasteiger charge is 2.34. The normalized spacial score (nSPS) is 16.1. The summed E-state index contributed by atoms with van der Waals surface area (Å²) in [6.45, 7) is 4.83. The lowest BCUT2D eigenvalue weighted by Gasteiger charge is -2.36. The molecule has 2 aromatic rings. The maximum absolute atomic E-state index is 13.2. The fraction of sp³-hybridized carbons (Fsp3) is 0.400. The number of hydrogen-bond acceptors (Lipinski definition) is 3. The van der Waals surface area contributed by atoms with Gasteiger partial charge in [-0.25, -0.2) is 4.39 Å². The van der Waals surface area contributed by atoms with Crippen molar-refractivity contribution in [3.63, 3.8) is 0 Å². The minimum absolute atomic E-state index is 0.0331. The largest absolute Gasteiger partial charge is 0.352 e. The number of likely N-dealkylation sites (tertiary alicyclic amines) is 1. The standard InChI is InChI=1S/C25H29ClFN3O3/c1-3-16(2)28-24(32)22(29-23(31)18-6-10-21(27)11-7-18)17-12-14-30(15-13-17)25(33)19-4-8-20(26)9-5-19/h4-11,16-17,22H,3,12-15H2,1-2H3,(H,28,32)(H,29,31). The van der Waals surface area contributed by atoms with Crippen molar-refractivity contribution in [1.29, 1.82) is 0 Å². The molecule has 1 aliphatic rings. The lowest BCUT2D eigenvalue weighted by Crippen LogP contribution is -2.55. The lowest BCUT2D eigenvalue weighted by atomic mass is 9.88. The molecule has 3 rings (SSSR count). The van der Waals surface area contributed by atoms with Crippen molar-refractivity contribution in [2.24, 2.45) is 5.92 Å². The molecule has 8 heteroatoms. The Kier molecular flexibility index (Phi) is 8.44. The summed E-state index contributed by atoms with van der Waals surface area (Å²) in [7, 11) is 0. The third kappa shape index (κ3) is 6.54. The van der Waals surface area contributed by atoms with Gasteiger partial charge in [-0.3, -0.25) is 14.4 Å². The fourth-order valence-electron chi connectivity index (χ4n) is 3.87. The summed E-state index contributed by atoms with van der Waals surface area (Å²) in [5.74, 6) is -1.33. The van der Waals surface area contributed by atoms with Gasteiger partial charge in [0.2, 0.25) is 5.91 Å². The van der Waals surface area contributed by atoms with Gasteiger partial charge in [0.1, 0.15) is 11.9 Å². The molecule has 1 aliphatic heterocycles. The van der Waals surface area contributed by atoms with Crippen molar-refractivity contribution in [3.8, 4) is 0 Å². The molecule has 0 aliphatic carbocycles. The van der Waals surface area contributed by atoms with Crippen molar-refractivity contribution in [3.05, 3.63) is 70.5 Å². The molecule has 33 heavy (non-hydrogen) atoms. The van der Waals surface area contributed by atoms with Gasteiger partial charge in [-0.05, 0) is 80.6 Å². The Hall–Kier alpha value is -2.93. The second-order valence-electron chi connectivity index (χ2n) is 8.41. The number of benzene rings is 2. The van der Waals surface area contributed by atoms with E-state index >= 15 is 0 Å². The Bertz CT molecular complexity index is 973. The first-order chi connectivity index (χ1) is 15.8. The molecule has 1 heterocycles. The maximum Gasteiger partial charge on any atom is 0.253 e. The van der Waals surface area contributed by atoms with Crippen LogP contribution in [0.3, 0.4) is 0 Å². The van der Waals surface area contributed by atoms with E-state index < -0.39 is 17.8 Å². The van der Waals surface area contributed by atoms with Gasteiger partial charge in [-0.1, -0.05) is 18.5 Å². The summed E-state index contributed by atoms with van der Waals surface area (Å²) in [5, 5.41) is 6.36. The summed E-state index contributed by atoms with van der Waals surface area (Å²) >= 11 is 5.91. The van der Waals surface area contributed by atoms with E-state index in [4.69, 9.17) is 11.6 Å². The van der Waals surface area contributed by atoms with Crippen molar-refractivity contribution in [2.45, 2.75) is 45.2 Å². The van der Waals surface area contributed by atoms with Crippen LogP contribution in [0.2, 0.25) is 5.02 Å². The Morgan fingerprint density at radius 3 is 2.15 bits per heavy atom. The second-order valence-corrected chi connectivity index (χ2v) is 8.85. The average molecular weight is 474 g/mol. The van der Waals surface area contributed by atoms with Crippen LogP contribution in [-0.2, 0) is 4.79 Å². The van der Waals surface area contributed by atoms with Crippen LogP contribution >= 0.6 is 11.6 Å². The Morgan fingerprint density at radius 1 is 1.00 bits per heavy atom. The van der Waals surface area contributed by atoms with Crippen molar-refractivity contribution < 1.29 is 18.8 Å². The third-order valence-corrected chi connectivity index (χ3v) is 6.32. The molecule has 0 saturated carbocycles. The molecule has 0 aromatic heterocycles. The molecular formula is C25H29ClFN3O3. The van der Waals surface area contributed by atoms with Crippen LogP contribution in [0.1, 0.15) is 53.8 Å². The Morgan fingerprint density at radius 2 is 1.58 bits per heavy atom. The molecule has 2 aromatic carbocycles. The molecule has 2 atom stereocenters. The summed E-state index contributed by atoms with van der Waals surface area (Å²) in [6.07, 6.45) is 1.90. The molecule has 176 valence electrons. The van der Waals surface area contributed by atoms with E-state index in [9.17, 15) is 18.8 Å². The molecule has 2 N–H and O–H groups in total. The first-order valence-corrected chi connectivity index (χ1v) is 11.6. The minimum Gasteiger partial charge on any atom is -0.352 e. The predicted molar refractivity (Wildman–Crippen MR) is 126 cm³/mol. The molecule has 0 bridgehead atoms. The molecule has 6 nitrogen and oxygen atoms in total. The van der Waals surface area contributed by atoms with Crippen LogP contribution in [0.15, 0.2) is 48.5 Å². The molecule has 0 spiro atoms. The van der Waals surface area contributed by atoms with Crippen LogP contribution < -0.4 is 10.6 Å². The van der Waals surface area contributed by atoms with Crippen molar-refractivity contribution in [2.75, 3.05) is 13.1 Å². The van der Waals surface area contributed by atoms with Crippen LogP contribution in [0.4, 0.5) is 4.39 Å². The van der Waals surface area contributed by atoms with E-state index in [-0.39, 0.29) is 29.3 Å². The van der Waals surface area contributed by atoms with E-state index in [0.717, 1.165) is 6.42 Å². The zero-order valence-electron chi connectivity index (χ0n) is 18.8. The number of carbonyl (C=O) groups is 3. The number of nitrogens with one attached hydrogen (secondary N) is 2. The number of halogens is 2. The molecule has 2 unspecified atom stereocenters. The highest BCUT2D eigenvalue weighted by molar-refractivity contribution is 6.30. The number of amides is 3. The number of piperidine rings is 1. The second kappa shape index (κ2) is 11.3. The summed E-state index contributed by atoms with van der Waals surface area (Å²) in [6, 6.07) is 11.2. The van der Waals surface area contributed by atoms with Gasteiger partial charge in [0.05, 0.1) is 0 Å². The van der Waals surface area contributed by atoms with E-state index in [1.165, 1.54) is 24.3 Å². The summed E-state index contributed by atoms with van der Waals surface area (Å²) in [4.78, 5) is 40.3. The minimum atomic E-state index is -0.746. The predicted octanol–water partition coefficient (Wildman–Crippen LogP) is 4.04. The van der Waals surface area contributed by atoms with Crippen LogP contribution in [0.25, 0.3) is 0 Å². The van der Waals surface area contributed by atoms with Gasteiger partial charge in [-0.2, -0.15) is 0 Å². The van der Waals surface area contributed by atoms with Crippen molar-refractivity contribution >= 4 is 29.3 Å². The SMILES string of the molecule is CCC(C)NC(=O)C(NC(=O)c1ccc(F)cc1)C1CCN(C(=O)c2ccc(Cl)cc2)CC1. The van der Waals surface area contributed by atoms with E-state index in [1.807, 2.05) is 13.8 Å². The molecule has 1 saturated heterocycles. The molecule has 1 fully saturated rings. The highest BCUT2D eigenvalue weighted by Crippen LogP contribution is 2.23. The lowest BCUT2D eigenvalue weighted by molar-refractivity contribution is -0.125. The van der Waals surface area contributed by atoms with Gasteiger partial charge >= 0.3 is 0 Å². The highest BCUT2D eigenvalue weighted by atomic mass is 35.5. The first-order valence-electron chi connectivity index (χ1n) is 11.2. The number of rotatable bonds is 7. The third-order valence-electron chi connectivity index (χ3n) is 6.07. The van der Waals surface area contributed by atoms with Gasteiger partial charge < -0.3 is 15.5 Å². The zero-order valence-corrected chi connectivity index (χ0v) is 19.6. The molecule has 3 amide bonds. The van der Waals surface area contributed by atoms with Gasteiger partial charge in [0.25, 0.3) is 11.8 Å². The smallest absolute Gasteiger partial charge is 0.253 e. The Labute approximate surface area is 198 Å².